The van der Waals surface area contributed by atoms with Gasteiger partial charge in [-0.2, -0.15) is 0 Å². The molecule has 0 bridgehead atoms. The number of amides is 1. The van der Waals surface area contributed by atoms with Crippen LogP contribution in [0.4, 0.5) is 0 Å². The predicted octanol–water partition coefficient (Wildman–Crippen LogP) is 2.30. The van der Waals surface area contributed by atoms with Gasteiger partial charge >= 0.3 is 0 Å². The van der Waals surface area contributed by atoms with Crippen molar-refractivity contribution in [1.82, 2.24) is 9.88 Å². The summed E-state index contributed by atoms with van der Waals surface area (Å²) in [5.74, 6) is -0.0193. The van der Waals surface area contributed by atoms with Crippen molar-refractivity contribution in [1.29, 1.82) is 0 Å². The van der Waals surface area contributed by atoms with Crippen molar-refractivity contribution in [2.45, 2.75) is 32.7 Å². The van der Waals surface area contributed by atoms with Gasteiger partial charge in [0.05, 0.1) is 0 Å². The lowest BCUT2D eigenvalue weighted by Gasteiger charge is -2.16. The van der Waals surface area contributed by atoms with Crippen LogP contribution < -0.4 is 11.1 Å². The molecule has 0 saturated heterocycles. The minimum Gasteiger partial charge on any atom is -0.350 e. The van der Waals surface area contributed by atoms with E-state index in [0.29, 0.717) is 18.8 Å². The summed E-state index contributed by atoms with van der Waals surface area (Å²) in [4.78, 5) is 12.2. The Morgan fingerprint density at radius 2 is 2.28 bits per heavy atom. The van der Waals surface area contributed by atoms with Gasteiger partial charge in [-0.1, -0.05) is 0 Å². The fourth-order valence-corrected chi connectivity index (χ4v) is 2.48. The largest absolute Gasteiger partial charge is 0.350 e. The van der Waals surface area contributed by atoms with Gasteiger partial charge in [0.25, 0.3) is 5.91 Å². The van der Waals surface area contributed by atoms with Crippen LogP contribution in [0.5, 0.6) is 0 Å². The quantitative estimate of drug-likeness (QED) is 0.876. The molecule has 0 unspecified atom stereocenters. The van der Waals surface area contributed by atoms with Crippen molar-refractivity contribution < 1.29 is 4.79 Å². The van der Waals surface area contributed by atoms with Crippen molar-refractivity contribution in [3.63, 3.8) is 0 Å². The number of nitrogens with one attached hydrogen (secondary N) is 1. The lowest BCUT2D eigenvalue weighted by molar-refractivity contribution is 0.0934. The molecule has 1 fully saturated rings. The topological polar surface area (TPSA) is 60.0 Å². The summed E-state index contributed by atoms with van der Waals surface area (Å²) >= 11 is 3.42. The van der Waals surface area contributed by atoms with Crippen LogP contribution in [0.15, 0.2) is 16.7 Å². The van der Waals surface area contributed by atoms with E-state index in [1.807, 2.05) is 16.8 Å². The number of aromatic nitrogens is 1. The third-order valence-corrected chi connectivity index (χ3v) is 4.05. The zero-order valence-electron chi connectivity index (χ0n) is 10.9. The smallest absolute Gasteiger partial charge is 0.267 e. The Balaban J connectivity index is 2.04. The Bertz CT molecular complexity index is 449. The monoisotopic (exact) mass is 313 g/mol. The minimum atomic E-state index is -0.0193. The van der Waals surface area contributed by atoms with Crippen LogP contribution in [0.25, 0.3) is 0 Å². The molecule has 1 aliphatic rings. The van der Waals surface area contributed by atoms with Crippen LogP contribution in [-0.2, 0) is 0 Å². The molecule has 0 spiro atoms. The highest BCUT2D eigenvalue weighted by molar-refractivity contribution is 9.10. The number of hydrogen-bond acceptors (Lipinski definition) is 2. The maximum Gasteiger partial charge on any atom is 0.267 e. The first-order chi connectivity index (χ1) is 8.47. The van der Waals surface area contributed by atoms with E-state index >= 15 is 0 Å². The zero-order valence-corrected chi connectivity index (χ0v) is 12.5. The van der Waals surface area contributed by atoms with E-state index in [1.165, 1.54) is 0 Å². The molecule has 1 aromatic rings. The first-order valence-electron chi connectivity index (χ1n) is 6.33. The Morgan fingerprint density at radius 3 is 2.78 bits per heavy atom. The standard InChI is InChI=1S/C13H20BrN3O/c1-9(2)17-6-10(14)5-11(17)12(18)16-8-13(7-15)3-4-13/h5-6,9H,3-4,7-8,15H2,1-2H3,(H,16,18). The van der Waals surface area contributed by atoms with E-state index in [-0.39, 0.29) is 17.4 Å². The fourth-order valence-electron chi connectivity index (χ4n) is 2.04. The number of carbonyl (C=O) groups is 1. The van der Waals surface area contributed by atoms with Crippen LogP contribution in [0, 0.1) is 5.41 Å². The minimum absolute atomic E-state index is 0.0193. The van der Waals surface area contributed by atoms with Crippen molar-refractivity contribution >= 4 is 21.8 Å². The fraction of sp³-hybridized carbons (Fsp3) is 0.615. The summed E-state index contributed by atoms with van der Waals surface area (Å²) in [6.07, 6.45) is 4.19. The average Bonchev–Trinajstić information content (AvgIpc) is 3.01. The second-order valence-electron chi connectivity index (χ2n) is 5.43. The molecule has 1 amide bonds. The molecule has 1 aliphatic carbocycles. The van der Waals surface area contributed by atoms with Gasteiger partial charge in [0.15, 0.2) is 0 Å². The first-order valence-corrected chi connectivity index (χ1v) is 7.12. The molecule has 0 radical (unpaired) electrons. The highest BCUT2D eigenvalue weighted by Gasteiger charge is 2.41. The number of halogens is 1. The summed E-state index contributed by atoms with van der Waals surface area (Å²) in [7, 11) is 0. The van der Waals surface area contributed by atoms with Crippen molar-refractivity contribution in [2.24, 2.45) is 11.1 Å². The second-order valence-corrected chi connectivity index (χ2v) is 6.35. The number of nitrogens with zero attached hydrogens (tertiary/aromatic N) is 1. The Labute approximate surface area is 116 Å². The molecule has 100 valence electrons. The van der Waals surface area contributed by atoms with E-state index in [4.69, 9.17) is 5.73 Å². The number of rotatable bonds is 5. The number of hydrogen-bond donors (Lipinski definition) is 2. The molecule has 1 saturated carbocycles. The molecule has 4 nitrogen and oxygen atoms in total. The number of nitrogens with two attached hydrogens (primary N) is 1. The van der Waals surface area contributed by atoms with E-state index in [2.05, 4.69) is 35.1 Å². The molecule has 1 aromatic heterocycles. The lowest BCUT2D eigenvalue weighted by atomic mass is 10.1. The predicted molar refractivity (Wildman–Crippen MR) is 75.6 cm³/mol. The maximum atomic E-state index is 12.2. The Morgan fingerprint density at radius 1 is 1.61 bits per heavy atom. The molecule has 0 aliphatic heterocycles. The van der Waals surface area contributed by atoms with Gasteiger partial charge in [-0.05, 0) is 55.2 Å². The summed E-state index contributed by atoms with van der Waals surface area (Å²) in [6.45, 7) is 5.46. The highest BCUT2D eigenvalue weighted by atomic mass is 79.9. The van der Waals surface area contributed by atoms with Crippen LogP contribution in [-0.4, -0.2) is 23.6 Å². The second kappa shape index (κ2) is 5.05. The van der Waals surface area contributed by atoms with E-state index < -0.39 is 0 Å². The molecule has 1 heterocycles. The van der Waals surface area contributed by atoms with Gasteiger partial charge in [-0.3, -0.25) is 4.79 Å². The van der Waals surface area contributed by atoms with E-state index in [9.17, 15) is 4.79 Å². The first kappa shape index (κ1) is 13.6. The summed E-state index contributed by atoms with van der Waals surface area (Å²) in [6, 6.07) is 2.12. The van der Waals surface area contributed by atoms with Crippen LogP contribution >= 0.6 is 15.9 Å². The normalized spacial score (nSPS) is 16.9. The molecule has 0 atom stereocenters. The molecule has 0 aromatic carbocycles. The van der Waals surface area contributed by atoms with Crippen molar-refractivity contribution in [2.75, 3.05) is 13.1 Å². The molecular formula is C13H20BrN3O. The number of carbonyl (C=O) groups excluding carboxylic acids is 1. The molecular weight excluding hydrogens is 294 g/mol. The average molecular weight is 314 g/mol. The van der Waals surface area contributed by atoms with Gasteiger partial charge < -0.3 is 15.6 Å². The Hall–Kier alpha value is -0.810. The maximum absolute atomic E-state index is 12.2. The van der Waals surface area contributed by atoms with Crippen molar-refractivity contribution in [3.8, 4) is 0 Å². The third-order valence-electron chi connectivity index (χ3n) is 3.62. The van der Waals surface area contributed by atoms with Crippen LogP contribution in [0.3, 0.4) is 0 Å². The molecule has 18 heavy (non-hydrogen) atoms. The zero-order chi connectivity index (χ0) is 13.3. The van der Waals surface area contributed by atoms with Crippen molar-refractivity contribution in [3.05, 3.63) is 22.4 Å². The SMILES string of the molecule is CC(C)n1cc(Br)cc1C(=O)NCC1(CN)CC1. The van der Waals surface area contributed by atoms with Gasteiger partial charge in [-0.25, -0.2) is 0 Å². The molecule has 3 N–H and O–H groups in total. The Kier molecular flexibility index (Phi) is 3.82. The van der Waals surface area contributed by atoms with E-state index in [0.717, 1.165) is 17.3 Å². The highest BCUT2D eigenvalue weighted by Crippen LogP contribution is 2.43. The van der Waals surface area contributed by atoms with Gasteiger partial charge in [0.1, 0.15) is 5.69 Å². The van der Waals surface area contributed by atoms with Gasteiger partial charge in [-0.15, -0.1) is 0 Å². The van der Waals surface area contributed by atoms with E-state index in [1.54, 1.807) is 0 Å². The molecule has 2 rings (SSSR count). The summed E-state index contributed by atoms with van der Waals surface area (Å²) < 4.78 is 2.91. The summed E-state index contributed by atoms with van der Waals surface area (Å²) in [5, 5.41) is 3.00. The summed E-state index contributed by atoms with van der Waals surface area (Å²) in [5.41, 5.74) is 6.58. The van der Waals surface area contributed by atoms with Gasteiger partial charge in [0.2, 0.25) is 0 Å². The van der Waals surface area contributed by atoms with Gasteiger partial charge in [0, 0.05) is 28.7 Å². The van der Waals surface area contributed by atoms with Crippen LogP contribution in [0.1, 0.15) is 43.2 Å². The molecule has 5 heteroatoms. The van der Waals surface area contributed by atoms with Crippen LogP contribution in [0.2, 0.25) is 0 Å². The third kappa shape index (κ3) is 2.78. The lowest BCUT2D eigenvalue weighted by Crippen LogP contribution is -2.34.